The van der Waals surface area contributed by atoms with Crippen LogP contribution in [0.25, 0.3) is 0 Å². The Hall–Kier alpha value is -2.35. The van der Waals surface area contributed by atoms with E-state index >= 15 is 0 Å². The Morgan fingerprint density at radius 1 is 1.23 bits per heavy atom. The molecule has 0 bridgehead atoms. The van der Waals surface area contributed by atoms with E-state index < -0.39 is 6.10 Å². The fourth-order valence-corrected chi connectivity index (χ4v) is 4.39. The number of aliphatic hydroxyl groups excluding tert-OH is 1. The van der Waals surface area contributed by atoms with Gasteiger partial charge in [0.1, 0.15) is 12.0 Å². The van der Waals surface area contributed by atoms with Crippen molar-refractivity contribution in [3.8, 4) is 0 Å². The average Bonchev–Trinajstić information content (AvgIpc) is 2.78. The number of nitrogens with zero attached hydrogens (tertiary/aromatic N) is 3. The van der Waals surface area contributed by atoms with Gasteiger partial charge >= 0.3 is 0 Å². The van der Waals surface area contributed by atoms with Gasteiger partial charge in [0.25, 0.3) is 5.91 Å². The molecule has 2 aliphatic rings. The maximum absolute atomic E-state index is 12.5. The Kier molecular flexibility index (Phi) is 7.04. The summed E-state index contributed by atoms with van der Waals surface area (Å²) < 4.78 is 0. The van der Waals surface area contributed by atoms with E-state index in [-0.39, 0.29) is 12.5 Å². The molecule has 0 saturated carbocycles. The van der Waals surface area contributed by atoms with Gasteiger partial charge in [0.2, 0.25) is 0 Å². The minimum absolute atomic E-state index is 0.213. The Bertz CT molecular complexity index is 853. The zero-order valence-corrected chi connectivity index (χ0v) is 17.4. The van der Waals surface area contributed by atoms with Crippen molar-refractivity contribution in [3.63, 3.8) is 0 Å². The van der Waals surface area contributed by atoms with Gasteiger partial charge < -0.3 is 15.7 Å². The first-order chi connectivity index (χ1) is 14.7. The van der Waals surface area contributed by atoms with Crippen LogP contribution < -0.4 is 10.6 Å². The van der Waals surface area contributed by atoms with Crippen LogP contribution in [0.4, 0.5) is 0 Å². The second-order valence-corrected chi connectivity index (χ2v) is 8.41. The highest BCUT2D eigenvalue weighted by Gasteiger charge is 2.20. The van der Waals surface area contributed by atoms with Crippen molar-refractivity contribution in [2.24, 2.45) is 5.92 Å². The number of hydrogen-bond donors (Lipinski definition) is 3. The summed E-state index contributed by atoms with van der Waals surface area (Å²) in [5, 5.41) is 16.6. The van der Waals surface area contributed by atoms with Crippen LogP contribution in [-0.2, 0) is 19.4 Å². The number of nitrogens with one attached hydrogen (secondary N) is 2. The number of amides is 1. The lowest BCUT2D eigenvalue weighted by molar-refractivity contribution is 0.0838. The number of aromatic nitrogens is 2. The third-order valence-corrected chi connectivity index (χ3v) is 6.09. The molecule has 4 rings (SSSR count). The molecule has 0 radical (unpaired) electrons. The number of fused-ring (bicyclic) bond motifs is 1. The molecular formula is C23H31N5O2. The molecule has 0 aliphatic carbocycles. The molecule has 1 amide bonds. The van der Waals surface area contributed by atoms with Gasteiger partial charge in [0.05, 0.1) is 6.10 Å². The standard InChI is InChI=1S/C23H31N5O2/c29-21(15-28-10-7-18-3-1-2-4-19(18)14-28)13-25-23(30)22-12-20(26-16-27-22)11-17-5-8-24-9-6-17/h1-4,12,16-17,21,24,29H,5-11,13-15H2,(H,25,30)/t21-/m0/s1. The van der Waals surface area contributed by atoms with E-state index in [0.29, 0.717) is 18.2 Å². The maximum Gasteiger partial charge on any atom is 0.270 e. The van der Waals surface area contributed by atoms with E-state index in [4.69, 9.17) is 0 Å². The van der Waals surface area contributed by atoms with Crippen molar-refractivity contribution in [2.45, 2.75) is 38.3 Å². The van der Waals surface area contributed by atoms with Crippen LogP contribution in [0.15, 0.2) is 36.7 Å². The normalized spacial score (nSPS) is 18.6. The molecule has 160 valence electrons. The van der Waals surface area contributed by atoms with Crippen LogP contribution in [0.1, 0.15) is 40.2 Å². The first kappa shape index (κ1) is 20.9. The lowest BCUT2D eigenvalue weighted by Gasteiger charge is -2.30. The summed E-state index contributed by atoms with van der Waals surface area (Å²) in [6, 6.07) is 10.2. The number of benzene rings is 1. The molecule has 7 nitrogen and oxygen atoms in total. The number of carbonyl (C=O) groups excluding carboxylic acids is 1. The van der Waals surface area contributed by atoms with Crippen LogP contribution in [0.5, 0.6) is 0 Å². The molecule has 7 heteroatoms. The summed E-state index contributed by atoms with van der Waals surface area (Å²) in [7, 11) is 0. The van der Waals surface area contributed by atoms with Crippen molar-refractivity contribution in [3.05, 3.63) is 59.2 Å². The highest BCUT2D eigenvalue weighted by Crippen LogP contribution is 2.19. The highest BCUT2D eigenvalue weighted by atomic mass is 16.3. The predicted molar refractivity (Wildman–Crippen MR) is 115 cm³/mol. The van der Waals surface area contributed by atoms with Gasteiger partial charge in [-0.05, 0) is 61.9 Å². The largest absolute Gasteiger partial charge is 0.390 e. The van der Waals surface area contributed by atoms with Crippen molar-refractivity contribution >= 4 is 5.91 Å². The first-order valence-corrected chi connectivity index (χ1v) is 10.9. The van der Waals surface area contributed by atoms with Gasteiger partial charge in [-0.2, -0.15) is 0 Å². The molecule has 1 aromatic heterocycles. The fraction of sp³-hybridized carbons (Fsp3) is 0.522. The van der Waals surface area contributed by atoms with E-state index in [1.165, 1.54) is 17.5 Å². The highest BCUT2D eigenvalue weighted by molar-refractivity contribution is 5.92. The molecule has 2 aromatic rings. The fourth-order valence-electron chi connectivity index (χ4n) is 4.39. The SMILES string of the molecule is O=C(NC[C@H](O)CN1CCc2ccccc2C1)c1cc(CC2CCNCC2)ncn1. The number of carbonyl (C=O) groups is 1. The Balaban J connectivity index is 1.24. The van der Waals surface area contributed by atoms with E-state index in [1.807, 2.05) is 0 Å². The summed E-state index contributed by atoms with van der Waals surface area (Å²) in [5.74, 6) is 0.348. The molecule has 2 aliphatic heterocycles. The van der Waals surface area contributed by atoms with Gasteiger partial charge in [-0.3, -0.25) is 9.69 Å². The average molecular weight is 410 g/mol. The van der Waals surface area contributed by atoms with Gasteiger partial charge in [-0.25, -0.2) is 9.97 Å². The zero-order chi connectivity index (χ0) is 20.8. The summed E-state index contributed by atoms with van der Waals surface area (Å²) >= 11 is 0. The van der Waals surface area contributed by atoms with Crippen LogP contribution >= 0.6 is 0 Å². The van der Waals surface area contributed by atoms with Crippen molar-refractivity contribution in [2.75, 3.05) is 32.7 Å². The number of piperidine rings is 1. The molecule has 3 N–H and O–H groups in total. The predicted octanol–water partition coefficient (Wildman–Crippen LogP) is 1.17. The maximum atomic E-state index is 12.5. The second-order valence-electron chi connectivity index (χ2n) is 8.41. The Labute approximate surface area is 177 Å². The van der Waals surface area contributed by atoms with Crippen LogP contribution in [0, 0.1) is 5.92 Å². The summed E-state index contributed by atoms with van der Waals surface area (Å²) in [4.78, 5) is 23.2. The topological polar surface area (TPSA) is 90.4 Å². The molecule has 1 atom stereocenters. The summed E-state index contributed by atoms with van der Waals surface area (Å²) in [6.45, 7) is 4.61. The second kappa shape index (κ2) is 10.1. The Morgan fingerprint density at radius 3 is 2.87 bits per heavy atom. The minimum Gasteiger partial charge on any atom is -0.390 e. The number of β-amino-alcohol motifs (C(OH)–C–C–N with tert-alkyl or cyclic N) is 1. The van der Waals surface area contributed by atoms with Gasteiger partial charge in [-0.15, -0.1) is 0 Å². The Morgan fingerprint density at radius 2 is 2.03 bits per heavy atom. The lowest BCUT2D eigenvalue weighted by Crippen LogP contribution is -2.42. The molecular weight excluding hydrogens is 378 g/mol. The van der Waals surface area contributed by atoms with E-state index in [1.54, 1.807) is 6.07 Å². The quantitative estimate of drug-likeness (QED) is 0.636. The number of rotatable bonds is 7. The molecule has 1 aromatic carbocycles. The number of hydrogen-bond acceptors (Lipinski definition) is 6. The molecule has 0 unspecified atom stereocenters. The molecule has 3 heterocycles. The lowest BCUT2D eigenvalue weighted by atomic mass is 9.93. The minimum atomic E-state index is -0.616. The van der Waals surface area contributed by atoms with Crippen molar-refractivity contribution in [1.29, 1.82) is 0 Å². The summed E-state index contributed by atoms with van der Waals surface area (Å²) in [6.07, 6.45) is 5.00. The molecule has 30 heavy (non-hydrogen) atoms. The third kappa shape index (κ3) is 5.62. The van der Waals surface area contributed by atoms with E-state index in [0.717, 1.165) is 57.6 Å². The smallest absolute Gasteiger partial charge is 0.270 e. The van der Waals surface area contributed by atoms with Crippen LogP contribution in [0.2, 0.25) is 0 Å². The summed E-state index contributed by atoms with van der Waals surface area (Å²) in [5.41, 5.74) is 3.99. The molecule has 0 spiro atoms. The van der Waals surface area contributed by atoms with Crippen molar-refractivity contribution in [1.82, 2.24) is 25.5 Å². The molecule has 1 saturated heterocycles. The molecule has 1 fully saturated rings. The van der Waals surface area contributed by atoms with Crippen molar-refractivity contribution < 1.29 is 9.90 Å². The number of aliphatic hydroxyl groups is 1. The zero-order valence-electron chi connectivity index (χ0n) is 17.4. The van der Waals surface area contributed by atoms with Gasteiger partial charge in [0.15, 0.2) is 0 Å². The van der Waals surface area contributed by atoms with E-state index in [2.05, 4.69) is 49.8 Å². The van der Waals surface area contributed by atoms with Crippen LogP contribution in [0.3, 0.4) is 0 Å². The monoisotopic (exact) mass is 409 g/mol. The third-order valence-electron chi connectivity index (χ3n) is 6.09. The van der Waals surface area contributed by atoms with Gasteiger partial charge in [0, 0.05) is 31.9 Å². The van der Waals surface area contributed by atoms with Crippen LogP contribution in [-0.4, -0.2) is 64.7 Å². The van der Waals surface area contributed by atoms with E-state index in [9.17, 15) is 9.90 Å². The van der Waals surface area contributed by atoms with Gasteiger partial charge in [-0.1, -0.05) is 24.3 Å². The first-order valence-electron chi connectivity index (χ1n) is 10.9.